The van der Waals surface area contributed by atoms with Crippen molar-refractivity contribution in [2.75, 3.05) is 37.7 Å². The second-order valence-electron chi connectivity index (χ2n) is 6.98. The smallest absolute Gasteiger partial charge is 0.270 e. The third-order valence-electron chi connectivity index (χ3n) is 5.34. The van der Waals surface area contributed by atoms with E-state index in [0.29, 0.717) is 24.8 Å². The molecule has 0 spiro atoms. The van der Waals surface area contributed by atoms with Crippen LogP contribution in [0.1, 0.15) is 29.4 Å². The van der Waals surface area contributed by atoms with Crippen molar-refractivity contribution in [2.24, 2.45) is 5.92 Å². The lowest BCUT2D eigenvalue weighted by molar-refractivity contribution is -0.0170. The number of likely N-dealkylation sites (tertiary alicyclic amines) is 1. The summed E-state index contributed by atoms with van der Waals surface area (Å²) in [5.74, 6) is 1.22. The molecule has 0 aromatic carbocycles. The number of hydrogen-bond acceptors (Lipinski definition) is 5. The topological polar surface area (TPSA) is 74.3 Å². The van der Waals surface area contributed by atoms with Crippen LogP contribution in [-0.2, 0) is 11.2 Å². The number of H-pyrrole nitrogens is 1. The maximum absolute atomic E-state index is 12.6. The van der Waals surface area contributed by atoms with Crippen LogP contribution in [0.25, 0.3) is 0 Å². The Kier molecular flexibility index (Phi) is 4.88. The van der Waals surface area contributed by atoms with Gasteiger partial charge in [-0.1, -0.05) is 6.92 Å². The molecule has 2 aromatic heterocycles. The van der Waals surface area contributed by atoms with Crippen molar-refractivity contribution in [2.45, 2.75) is 25.9 Å². The summed E-state index contributed by atoms with van der Waals surface area (Å²) >= 11 is 0. The molecule has 2 saturated heterocycles. The van der Waals surface area contributed by atoms with E-state index in [2.05, 4.69) is 26.8 Å². The lowest BCUT2D eigenvalue weighted by atomic mass is 9.93. The van der Waals surface area contributed by atoms with Gasteiger partial charge in [0, 0.05) is 50.7 Å². The van der Waals surface area contributed by atoms with Crippen LogP contribution in [0.5, 0.6) is 0 Å². The van der Waals surface area contributed by atoms with E-state index in [1.807, 2.05) is 29.4 Å². The van der Waals surface area contributed by atoms with Crippen LogP contribution < -0.4 is 4.90 Å². The average Bonchev–Trinajstić information content (AvgIpc) is 3.14. The summed E-state index contributed by atoms with van der Waals surface area (Å²) in [7, 11) is 0. The first-order valence-electron chi connectivity index (χ1n) is 9.34. The number of nitrogens with zero attached hydrogens (tertiary/aromatic N) is 4. The monoisotopic (exact) mass is 355 g/mol. The van der Waals surface area contributed by atoms with Gasteiger partial charge in [-0.2, -0.15) is 0 Å². The number of ether oxygens (including phenoxy) is 1. The summed E-state index contributed by atoms with van der Waals surface area (Å²) in [6.45, 7) is 5.79. The van der Waals surface area contributed by atoms with E-state index in [0.717, 1.165) is 44.0 Å². The minimum atomic E-state index is 0.0524. The van der Waals surface area contributed by atoms with E-state index < -0.39 is 0 Å². The molecule has 0 aliphatic carbocycles. The van der Waals surface area contributed by atoms with Crippen molar-refractivity contribution in [3.05, 3.63) is 42.0 Å². The maximum Gasteiger partial charge on any atom is 0.270 e. The molecule has 4 rings (SSSR count). The summed E-state index contributed by atoms with van der Waals surface area (Å²) in [6.07, 6.45) is 7.54. The van der Waals surface area contributed by atoms with E-state index in [1.54, 1.807) is 6.20 Å². The first kappa shape index (κ1) is 17.0. The molecule has 2 fully saturated rings. The number of piperidine rings is 1. The molecule has 4 heterocycles. The molecule has 0 unspecified atom stereocenters. The molecule has 2 aliphatic heterocycles. The zero-order chi connectivity index (χ0) is 17.9. The fourth-order valence-electron chi connectivity index (χ4n) is 3.75. The Hall–Kier alpha value is -2.41. The van der Waals surface area contributed by atoms with Crippen molar-refractivity contribution < 1.29 is 9.53 Å². The Balaban J connectivity index is 1.42. The lowest BCUT2D eigenvalue weighted by Crippen LogP contribution is -2.49. The van der Waals surface area contributed by atoms with Crippen LogP contribution in [0.3, 0.4) is 0 Å². The van der Waals surface area contributed by atoms with Gasteiger partial charge >= 0.3 is 0 Å². The van der Waals surface area contributed by atoms with Gasteiger partial charge in [-0.3, -0.25) is 4.79 Å². The van der Waals surface area contributed by atoms with Gasteiger partial charge in [0.2, 0.25) is 5.95 Å². The number of aryl methyl sites for hydroxylation is 1. The number of fused-ring (bicyclic) bond motifs is 1. The molecular formula is C19H25N5O2. The molecule has 7 heteroatoms. The van der Waals surface area contributed by atoms with Crippen LogP contribution in [0.15, 0.2) is 30.7 Å². The normalized spacial score (nSPS) is 23.4. The van der Waals surface area contributed by atoms with Crippen molar-refractivity contribution in [1.29, 1.82) is 0 Å². The van der Waals surface area contributed by atoms with Gasteiger partial charge in [0.05, 0.1) is 12.7 Å². The third-order valence-corrected chi connectivity index (χ3v) is 5.34. The number of anilines is 1. The molecule has 1 N–H and O–H groups in total. The molecule has 0 bridgehead atoms. The van der Waals surface area contributed by atoms with Crippen LogP contribution in [0.4, 0.5) is 5.95 Å². The molecule has 26 heavy (non-hydrogen) atoms. The SMILES string of the molecule is CCc1cnc(N2CCO[C@@H]3CN(C(=O)c4ccc[nH]4)CC[C@@H]3C2)nc1. The Morgan fingerprint density at radius 3 is 2.88 bits per heavy atom. The highest BCUT2D eigenvalue weighted by Crippen LogP contribution is 2.26. The molecule has 2 aromatic rings. The lowest BCUT2D eigenvalue weighted by Gasteiger charge is -2.37. The van der Waals surface area contributed by atoms with E-state index in [-0.39, 0.29) is 12.0 Å². The van der Waals surface area contributed by atoms with E-state index in [9.17, 15) is 4.79 Å². The number of carbonyl (C=O) groups excluding carboxylic acids is 1. The summed E-state index contributed by atoms with van der Waals surface area (Å²) in [4.78, 5) is 28.7. The van der Waals surface area contributed by atoms with Gasteiger partial charge in [-0.15, -0.1) is 0 Å². The Morgan fingerprint density at radius 1 is 1.31 bits per heavy atom. The predicted octanol–water partition coefficient (Wildman–Crippen LogP) is 1.73. The fraction of sp³-hybridized carbons (Fsp3) is 0.526. The van der Waals surface area contributed by atoms with Crippen molar-refractivity contribution >= 4 is 11.9 Å². The van der Waals surface area contributed by atoms with Gasteiger partial charge in [0.15, 0.2) is 0 Å². The summed E-state index contributed by atoms with van der Waals surface area (Å²) in [5.41, 5.74) is 1.79. The van der Waals surface area contributed by atoms with E-state index >= 15 is 0 Å². The zero-order valence-corrected chi connectivity index (χ0v) is 15.1. The van der Waals surface area contributed by atoms with Crippen LogP contribution >= 0.6 is 0 Å². The Morgan fingerprint density at radius 2 is 2.15 bits per heavy atom. The maximum atomic E-state index is 12.6. The fourth-order valence-corrected chi connectivity index (χ4v) is 3.75. The molecular weight excluding hydrogens is 330 g/mol. The molecule has 2 aliphatic rings. The quantitative estimate of drug-likeness (QED) is 0.908. The largest absolute Gasteiger partial charge is 0.374 e. The standard InChI is InChI=1S/C19H25N5O2/c1-2-14-10-21-19(22-11-14)24-8-9-26-17-13-23(7-5-15(17)12-24)18(25)16-4-3-6-20-16/h3-4,6,10-11,15,17,20H,2,5,7-9,12-13H2,1H3/t15-,17-/m1/s1. The van der Waals surface area contributed by atoms with Gasteiger partial charge in [-0.25, -0.2) is 9.97 Å². The van der Waals surface area contributed by atoms with Crippen LogP contribution in [0.2, 0.25) is 0 Å². The molecule has 1 amide bonds. The molecule has 2 atom stereocenters. The molecule has 138 valence electrons. The number of carbonyl (C=O) groups is 1. The predicted molar refractivity (Wildman–Crippen MR) is 98.2 cm³/mol. The Bertz CT molecular complexity index is 731. The first-order valence-corrected chi connectivity index (χ1v) is 9.34. The Labute approximate surface area is 153 Å². The minimum absolute atomic E-state index is 0.0524. The van der Waals surface area contributed by atoms with Crippen molar-refractivity contribution in [3.63, 3.8) is 0 Å². The highest BCUT2D eigenvalue weighted by Gasteiger charge is 2.36. The van der Waals surface area contributed by atoms with Gasteiger partial charge in [0.1, 0.15) is 5.69 Å². The van der Waals surface area contributed by atoms with Crippen molar-refractivity contribution in [3.8, 4) is 0 Å². The zero-order valence-electron chi connectivity index (χ0n) is 15.1. The first-order chi connectivity index (χ1) is 12.7. The van der Waals surface area contributed by atoms with Crippen molar-refractivity contribution in [1.82, 2.24) is 19.9 Å². The minimum Gasteiger partial charge on any atom is -0.374 e. The second kappa shape index (κ2) is 7.45. The number of hydrogen-bond donors (Lipinski definition) is 1. The molecule has 0 saturated carbocycles. The summed E-state index contributed by atoms with van der Waals surface area (Å²) in [6, 6.07) is 3.67. The third kappa shape index (κ3) is 3.44. The van der Waals surface area contributed by atoms with E-state index in [1.165, 1.54) is 0 Å². The second-order valence-corrected chi connectivity index (χ2v) is 6.98. The van der Waals surface area contributed by atoms with E-state index in [4.69, 9.17) is 4.74 Å². The summed E-state index contributed by atoms with van der Waals surface area (Å²) in [5, 5.41) is 0. The summed E-state index contributed by atoms with van der Waals surface area (Å²) < 4.78 is 6.10. The van der Waals surface area contributed by atoms with Gasteiger partial charge in [-0.05, 0) is 30.5 Å². The highest BCUT2D eigenvalue weighted by atomic mass is 16.5. The molecule has 7 nitrogen and oxygen atoms in total. The number of nitrogens with one attached hydrogen (secondary N) is 1. The van der Waals surface area contributed by atoms with Crippen LogP contribution in [-0.4, -0.2) is 64.6 Å². The van der Waals surface area contributed by atoms with Crippen LogP contribution in [0, 0.1) is 5.92 Å². The van der Waals surface area contributed by atoms with Gasteiger partial charge in [0.25, 0.3) is 5.91 Å². The highest BCUT2D eigenvalue weighted by molar-refractivity contribution is 5.92. The average molecular weight is 355 g/mol. The number of amides is 1. The number of rotatable bonds is 3. The number of aromatic nitrogens is 3. The number of aromatic amines is 1. The molecule has 0 radical (unpaired) electrons. The van der Waals surface area contributed by atoms with Gasteiger partial charge < -0.3 is 19.5 Å².